The van der Waals surface area contributed by atoms with Crippen LogP contribution in [0.3, 0.4) is 0 Å². The Morgan fingerprint density at radius 2 is 2.06 bits per heavy atom. The van der Waals surface area contributed by atoms with E-state index in [0.29, 0.717) is 5.41 Å². The maximum atomic E-state index is 4.04. The molecule has 0 aromatic carbocycles. The molecule has 2 aliphatic carbocycles. The van der Waals surface area contributed by atoms with E-state index in [1.165, 1.54) is 37.7 Å². The fourth-order valence-electron chi connectivity index (χ4n) is 4.11. The van der Waals surface area contributed by atoms with Crippen molar-refractivity contribution in [3.63, 3.8) is 0 Å². The van der Waals surface area contributed by atoms with Crippen LogP contribution in [0.4, 0.5) is 0 Å². The number of hydrogen-bond donors (Lipinski definition) is 0. The van der Waals surface area contributed by atoms with Crippen molar-refractivity contribution in [2.45, 2.75) is 46.0 Å². The highest BCUT2D eigenvalue weighted by Crippen LogP contribution is 2.55. The van der Waals surface area contributed by atoms with E-state index in [1.807, 2.05) is 0 Å². The zero-order valence-electron chi connectivity index (χ0n) is 10.8. The van der Waals surface area contributed by atoms with Gasteiger partial charge in [0, 0.05) is 0 Å². The monoisotopic (exact) mass is 216 g/mol. The van der Waals surface area contributed by atoms with Gasteiger partial charge in [-0.25, -0.2) is 0 Å². The molecule has 3 unspecified atom stereocenters. The van der Waals surface area contributed by atoms with Crippen LogP contribution in [0.15, 0.2) is 36.5 Å². The van der Waals surface area contributed by atoms with Gasteiger partial charge in [0.15, 0.2) is 0 Å². The van der Waals surface area contributed by atoms with Crippen molar-refractivity contribution in [1.29, 1.82) is 0 Å². The molecule has 2 aliphatic rings. The zero-order valence-corrected chi connectivity index (χ0v) is 10.8. The van der Waals surface area contributed by atoms with E-state index in [0.717, 1.165) is 11.8 Å². The summed E-state index contributed by atoms with van der Waals surface area (Å²) in [5.41, 5.74) is 3.48. The quantitative estimate of drug-likeness (QED) is 0.576. The van der Waals surface area contributed by atoms with Crippen LogP contribution in [0.2, 0.25) is 0 Å². The second kappa shape index (κ2) is 4.24. The maximum Gasteiger partial charge on any atom is -0.00421 e. The highest BCUT2D eigenvalue weighted by Gasteiger charge is 2.44. The van der Waals surface area contributed by atoms with Crippen LogP contribution in [-0.2, 0) is 0 Å². The predicted molar refractivity (Wildman–Crippen MR) is 71.3 cm³/mol. The topological polar surface area (TPSA) is 0 Å². The molecule has 0 nitrogen and oxygen atoms in total. The van der Waals surface area contributed by atoms with E-state index in [4.69, 9.17) is 0 Å². The molecule has 0 aromatic rings. The lowest BCUT2D eigenvalue weighted by atomic mass is 9.55. The predicted octanol–water partition coefficient (Wildman–Crippen LogP) is 4.89. The van der Waals surface area contributed by atoms with Crippen LogP contribution in [0.25, 0.3) is 0 Å². The smallest absolute Gasteiger partial charge is 0.00421 e. The van der Waals surface area contributed by atoms with Crippen molar-refractivity contribution < 1.29 is 0 Å². The minimum Gasteiger partial charge on any atom is -0.103 e. The minimum absolute atomic E-state index is 0.376. The van der Waals surface area contributed by atoms with Gasteiger partial charge in [0.05, 0.1) is 0 Å². The van der Waals surface area contributed by atoms with E-state index in [1.54, 1.807) is 5.57 Å². The molecular formula is C16H24. The molecule has 0 spiro atoms. The molecule has 1 saturated carbocycles. The Bertz CT molecular complexity index is 334. The molecule has 2 rings (SSSR count). The first-order valence-electron chi connectivity index (χ1n) is 6.58. The largest absolute Gasteiger partial charge is 0.103 e. The van der Waals surface area contributed by atoms with Gasteiger partial charge in [-0.3, -0.25) is 0 Å². The summed E-state index contributed by atoms with van der Waals surface area (Å²) in [5.74, 6) is 1.53. The second-order valence-electron chi connectivity index (χ2n) is 5.75. The highest BCUT2D eigenvalue weighted by molar-refractivity contribution is 5.34. The third-order valence-corrected chi connectivity index (χ3v) is 4.98. The third kappa shape index (κ3) is 1.59. The average Bonchev–Trinajstić information content (AvgIpc) is 2.27. The summed E-state index contributed by atoms with van der Waals surface area (Å²) in [6.07, 6.45) is 10.9. The summed E-state index contributed by atoms with van der Waals surface area (Å²) in [4.78, 5) is 0. The molecule has 3 atom stereocenters. The molecule has 16 heavy (non-hydrogen) atoms. The lowest BCUT2D eigenvalue weighted by Gasteiger charge is -2.50. The Labute approximate surface area is 100 Å². The van der Waals surface area contributed by atoms with Crippen molar-refractivity contribution in [2.75, 3.05) is 0 Å². The fourth-order valence-corrected chi connectivity index (χ4v) is 4.11. The SMILES string of the molecule is C=CC1=C(C)CCC2C(C=C)CCCC12C. The van der Waals surface area contributed by atoms with Crippen molar-refractivity contribution >= 4 is 0 Å². The Morgan fingerprint density at radius 3 is 2.69 bits per heavy atom. The summed E-state index contributed by atoms with van der Waals surface area (Å²) < 4.78 is 0. The first kappa shape index (κ1) is 11.7. The van der Waals surface area contributed by atoms with E-state index < -0.39 is 0 Å². The lowest BCUT2D eigenvalue weighted by molar-refractivity contribution is 0.0996. The molecule has 0 heterocycles. The number of rotatable bonds is 2. The van der Waals surface area contributed by atoms with E-state index in [9.17, 15) is 0 Å². The minimum atomic E-state index is 0.376. The van der Waals surface area contributed by atoms with E-state index in [-0.39, 0.29) is 0 Å². The Morgan fingerprint density at radius 1 is 1.31 bits per heavy atom. The summed E-state index contributed by atoms with van der Waals surface area (Å²) >= 11 is 0. The summed E-state index contributed by atoms with van der Waals surface area (Å²) in [6, 6.07) is 0. The first-order valence-corrected chi connectivity index (χ1v) is 6.58. The standard InChI is InChI=1S/C16H24/c1-5-13-8-7-11-16(4)14(6-2)12(3)9-10-15(13)16/h5-6,13,15H,1-2,7-11H2,3-4H3. The molecule has 0 saturated heterocycles. The highest BCUT2D eigenvalue weighted by atomic mass is 14.5. The van der Waals surface area contributed by atoms with Gasteiger partial charge in [0.25, 0.3) is 0 Å². The maximum absolute atomic E-state index is 4.04. The summed E-state index contributed by atoms with van der Waals surface area (Å²) in [6.45, 7) is 12.8. The van der Waals surface area contributed by atoms with Crippen LogP contribution in [-0.4, -0.2) is 0 Å². The molecule has 0 heteroatoms. The average molecular weight is 216 g/mol. The van der Waals surface area contributed by atoms with Gasteiger partial charge >= 0.3 is 0 Å². The van der Waals surface area contributed by atoms with Gasteiger partial charge in [-0.05, 0) is 55.4 Å². The Hall–Kier alpha value is -0.780. The number of hydrogen-bond acceptors (Lipinski definition) is 0. The molecule has 0 N–H and O–H groups in total. The lowest BCUT2D eigenvalue weighted by Crippen LogP contribution is -2.40. The summed E-state index contributed by atoms with van der Waals surface area (Å²) in [7, 11) is 0. The van der Waals surface area contributed by atoms with Crippen molar-refractivity contribution in [2.24, 2.45) is 17.3 Å². The molecular weight excluding hydrogens is 192 g/mol. The van der Waals surface area contributed by atoms with Gasteiger partial charge in [-0.15, -0.1) is 6.58 Å². The number of allylic oxidation sites excluding steroid dienone is 4. The second-order valence-corrected chi connectivity index (χ2v) is 5.75. The first-order chi connectivity index (χ1) is 7.63. The van der Waals surface area contributed by atoms with E-state index >= 15 is 0 Å². The van der Waals surface area contributed by atoms with Gasteiger partial charge in [0.1, 0.15) is 0 Å². The molecule has 1 fully saturated rings. The van der Waals surface area contributed by atoms with Crippen LogP contribution in [0, 0.1) is 17.3 Å². The van der Waals surface area contributed by atoms with Crippen molar-refractivity contribution in [3.8, 4) is 0 Å². The van der Waals surface area contributed by atoms with Gasteiger partial charge < -0.3 is 0 Å². The van der Waals surface area contributed by atoms with Crippen molar-refractivity contribution in [1.82, 2.24) is 0 Å². The van der Waals surface area contributed by atoms with Gasteiger partial charge in [0.2, 0.25) is 0 Å². The molecule has 0 amide bonds. The van der Waals surface area contributed by atoms with Crippen molar-refractivity contribution in [3.05, 3.63) is 36.5 Å². The number of fused-ring (bicyclic) bond motifs is 1. The summed E-state index contributed by atoms with van der Waals surface area (Å²) in [5, 5.41) is 0. The molecule has 0 radical (unpaired) electrons. The van der Waals surface area contributed by atoms with Gasteiger partial charge in [-0.1, -0.05) is 37.6 Å². The van der Waals surface area contributed by atoms with Crippen LogP contribution < -0.4 is 0 Å². The Balaban J connectivity index is 2.41. The van der Waals surface area contributed by atoms with Crippen LogP contribution in [0.1, 0.15) is 46.0 Å². The van der Waals surface area contributed by atoms with Crippen LogP contribution in [0.5, 0.6) is 0 Å². The van der Waals surface area contributed by atoms with E-state index in [2.05, 4.69) is 39.2 Å². The third-order valence-electron chi connectivity index (χ3n) is 4.98. The normalized spacial score (nSPS) is 39.1. The molecule has 88 valence electrons. The molecule has 0 bridgehead atoms. The van der Waals surface area contributed by atoms with Gasteiger partial charge in [-0.2, -0.15) is 0 Å². The molecule has 0 aliphatic heterocycles. The Kier molecular flexibility index (Phi) is 3.10. The fraction of sp³-hybridized carbons (Fsp3) is 0.625. The zero-order chi connectivity index (χ0) is 11.8. The molecule has 0 aromatic heterocycles. The van der Waals surface area contributed by atoms with Crippen LogP contribution >= 0.6 is 0 Å².